The van der Waals surface area contributed by atoms with Crippen molar-refractivity contribution in [3.8, 4) is 0 Å². The monoisotopic (exact) mass is 664 g/mol. The average Bonchev–Trinajstić information content (AvgIpc) is 3.93. The van der Waals surface area contributed by atoms with Crippen molar-refractivity contribution in [3.63, 3.8) is 0 Å². The Balaban J connectivity index is 1.09. The number of fused-ring (bicyclic) bond motifs is 2. The second-order valence-corrected chi connectivity index (χ2v) is 15.5. The van der Waals surface area contributed by atoms with E-state index in [-0.39, 0.29) is 35.3 Å². The molecule has 0 saturated carbocycles. The minimum atomic E-state index is -0.491. The van der Waals surface area contributed by atoms with Gasteiger partial charge < -0.3 is 30.4 Å². The Kier molecular flexibility index (Phi) is 7.65. The first-order chi connectivity index (χ1) is 23.8. The van der Waals surface area contributed by atoms with Crippen molar-refractivity contribution in [3.05, 3.63) is 82.9 Å². The summed E-state index contributed by atoms with van der Waals surface area (Å²) in [6, 6.07) is 16.3. The van der Waals surface area contributed by atoms with E-state index >= 15 is 8.78 Å². The number of hydrogen-bond acceptors (Lipinski definition) is 6. The van der Waals surface area contributed by atoms with Gasteiger partial charge in [0.2, 0.25) is 0 Å². The topological polar surface area (TPSA) is 87.9 Å². The van der Waals surface area contributed by atoms with Gasteiger partial charge in [0.25, 0.3) is 0 Å². The lowest BCUT2D eigenvalue weighted by Crippen LogP contribution is -2.38. The van der Waals surface area contributed by atoms with Gasteiger partial charge in [-0.2, -0.15) is 0 Å². The fourth-order valence-electron chi connectivity index (χ4n) is 8.84. The molecule has 49 heavy (non-hydrogen) atoms. The van der Waals surface area contributed by atoms with Crippen LogP contribution in [0.5, 0.6) is 0 Å². The predicted octanol–water partition coefficient (Wildman–Crippen LogP) is 8.28. The lowest BCUT2D eigenvalue weighted by atomic mass is 9.82. The highest BCUT2D eigenvalue weighted by Gasteiger charge is 2.38. The van der Waals surface area contributed by atoms with E-state index in [4.69, 9.17) is 9.97 Å². The van der Waals surface area contributed by atoms with Crippen LogP contribution in [0.15, 0.2) is 48.5 Å². The molecule has 4 atom stereocenters. The quantitative estimate of drug-likeness (QED) is 0.146. The molecule has 8 nitrogen and oxygen atoms in total. The molecule has 3 aromatic carbocycles. The Hall–Kier alpha value is -4.02. The molecule has 0 spiro atoms. The molecule has 5 aromatic rings. The fraction of sp³-hybridized carbons (Fsp3) is 0.487. The molecule has 0 radical (unpaired) electrons. The predicted molar refractivity (Wildman–Crippen MR) is 191 cm³/mol. The number of nitrogens with zero attached hydrogens (tertiary/aromatic N) is 4. The molecule has 10 heteroatoms. The first-order valence-corrected chi connectivity index (χ1v) is 18.3. The molecule has 9 rings (SSSR count). The fourth-order valence-corrected chi connectivity index (χ4v) is 8.84. The summed E-state index contributed by atoms with van der Waals surface area (Å²) in [5, 5.41) is 7.08. The summed E-state index contributed by atoms with van der Waals surface area (Å²) in [5.41, 5.74) is 6.97. The van der Waals surface area contributed by atoms with Crippen molar-refractivity contribution in [1.82, 2.24) is 30.6 Å². The summed E-state index contributed by atoms with van der Waals surface area (Å²) >= 11 is 0. The van der Waals surface area contributed by atoms with Crippen LogP contribution in [-0.2, 0) is 0 Å². The maximum Gasteiger partial charge on any atom is 0.151 e. The van der Waals surface area contributed by atoms with Gasteiger partial charge in [-0.3, -0.25) is 0 Å². The van der Waals surface area contributed by atoms with E-state index in [0.29, 0.717) is 18.8 Å². The van der Waals surface area contributed by atoms with E-state index < -0.39 is 11.6 Å². The van der Waals surface area contributed by atoms with Gasteiger partial charge in [0, 0.05) is 18.8 Å². The largest absolute Gasteiger partial charge is 0.367 e. The standard InChI is InChI=1S/C39H46F2N8/c1-39(2)13-17-48(18-14-39)36-26(40)21-25(22-27(36)41)49-34(23-7-9-28-32(19-23)46-37(44-28)30-5-3-15-42-30)11-12-35(49)24-8-10-29-33(20-24)47-38(45-29)31-6-4-16-43-31/h7-10,19-22,30-31,34-35,42-43H,3-6,11-18H2,1-2H3,(H,44,46)(H,45,47)/t30-,31-,34-,35+/m0/s1. The van der Waals surface area contributed by atoms with Crippen LogP contribution >= 0.6 is 0 Å². The second kappa shape index (κ2) is 12.1. The van der Waals surface area contributed by atoms with Gasteiger partial charge in [-0.05, 0) is 117 Å². The lowest BCUT2D eigenvalue weighted by Gasteiger charge is -2.39. The van der Waals surface area contributed by atoms with Gasteiger partial charge in [-0.15, -0.1) is 0 Å². The van der Waals surface area contributed by atoms with Crippen molar-refractivity contribution < 1.29 is 8.78 Å². The maximum atomic E-state index is 16.2. The van der Waals surface area contributed by atoms with Crippen molar-refractivity contribution in [2.45, 2.75) is 89.4 Å². The number of imidazole rings is 2. The van der Waals surface area contributed by atoms with Crippen LogP contribution in [0.4, 0.5) is 20.2 Å². The SMILES string of the molecule is CC1(C)CCN(c2c(F)cc(N3[C@@H](c4ccc5nc([C@@H]6CCCN6)[nH]c5c4)CC[C@H]3c3ccc4nc([C@@H]5CCCN5)[nH]c4c3)cc2F)CC1. The first kappa shape index (κ1) is 31.0. The number of aromatic amines is 2. The number of H-pyrrole nitrogens is 2. The van der Waals surface area contributed by atoms with Gasteiger partial charge in [0.1, 0.15) is 17.3 Å². The molecule has 0 aliphatic carbocycles. The number of hydrogen-bond donors (Lipinski definition) is 4. The second-order valence-electron chi connectivity index (χ2n) is 15.5. The van der Waals surface area contributed by atoms with Crippen LogP contribution in [0.2, 0.25) is 0 Å². The Morgan fingerprint density at radius 2 is 1.20 bits per heavy atom. The molecule has 0 amide bonds. The third-order valence-electron chi connectivity index (χ3n) is 11.7. The summed E-state index contributed by atoms with van der Waals surface area (Å²) in [6.45, 7) is 7.79. The van der Waals surface area contributed by atoms with Crippen molar-refractivity contribution in [1.29, 1.82) is 0 Å². The van der Waals surface area contributed by atoms with Crippen LogP contribution in [0.1, 0.15) is 112 Å². The zero-order chi connectivity index (χ0) is 33.3. The summed E-state index contributed by atoms with van der Waals surface area (Å²) < 4.78 is 32.3. The van der Waals surface area contributed by atoms with E-state index in [1.54, 1.807) is 12.1 Å². The van der Waals surface area contributed by atoms with Crippen LogP contribution in [0, 0.1) is 17.0 Å². The van der Waals surface area contributed by atoms with Gasteiger partial charge >= 0.3 is 0 Å². The highest BCUT2D eigenvalue weighted by Crippen LogP contribution is 2.49. The third kappa shape index (κ3) is 5.66. The number of anilines is 2. The minimum absolute atomic E-state index is 0.0677. The van der Waals surface area contributed by atoms with Crippen molar-refractivity contribution in [2.24, 2.45) is 5.41 Å². The molecule has 256 valence electrons. The van der Waals surface area contributed by atoms with Crippen LogP contribution < -0.4 is 20.4 Å². The number of halogens is 2. The summed E-state index contributed by atoms with van der Waals surface area (Å²) in [5.74, 6) is 0.974. The van der Waals surface area contributed by atoms with Crippen LogP contribution in [-0.4, -0.2) is 46.1 Å². The molecule has 6 heterocycles. The number of aromatic nitrogens is 4. The Morgan fingerprint density at radius 1 is 0.694 bits per heavy atom. The molecule has 4 saturated heterocycles. The number of nitrogens with one attached hydrogen (secondary N) is 4. The minimum Gasteiger partial charge on any atom is -0.367 e. The normalized spacial score (nSPS) is 25.7. The smallest absolute Gasteiger partial charge is 0.151 e. The van der Waals surface area contributed by atoms with E-state index in [9.17, 15) is 0 Å². The molecule has 4 aliphatic heterocycles. The highest BCUT2D eigenvalue weighted by molar-refractivity contribution is 5.78. The average molecular weight is 665 g/mol. The zero-order valence-electron chi connectivity index (χ0n) is 28.5. The molecule has 4 N–H and O–H groups in total. The zero-order valence-corrected chi connectivity index (χ0v) is 28.5. The summed E-state index contributed by atoms with van der Waals surface area (Å²) in [4.78, 5) is 21.1. The molecule has 4 aliphatic rings. The van der Waals surface area contributed by atoms with E-state index in [2.05, 4.69) is 75.7 Å². The molecular formula is C39H46F2N8. The molecule has 4 fully saturated rings. The number of piperidine rings is 1. The van der Waals surface area contributed by atoms with Crippen molar-refractivity contribution >= 4 is 33.4 Å². The Bertz CT molecular complexity index is 1870. The van der Waals surface area contributed by atoms with E-state index in [0.717, 1.165) is 109 Å². The van der Waals surface area contributed by atoms with Crippen molar-refractivity contribution in [2.75, 3.05) is 36.0 Å². The van der Waals surface area contributed by atoms with E-state index in [1.807, 2.05) is 4.90 Å². The third-order valence-corrected chi connectivity index (χ3v) is 11.7. The summed E-state index contributed by atoms with van der Waals surface area (Å²) in [7, 11) is 0. The van der Waals surface area contributed by atoms with Gasteiger partial charge in [-0.25, -0.2) is 18.7 Å². The highest BCUT2D eigenvalue weighted by atomic mass is 19.1. The van der Waals surface area contributed by atoms with Gasteiger partial charge in [-0.1, -0.05) is 26.0 Å². The molecule has 0 bridgehead atoms. The molecule has 0 unspecified atom stereocenters. The number of rotatable bonds is 6. The maximum absolute atomic E-state index is 16.2. The Morgan fingerprint density at radius 3 is 1.67 bits per heavy atom. The lowest BCUT2D eigenvalue weighted by molar-refractivity contribution is 0.278. The van der Waals surface area contributed by atoms with Crippen LogP contribution in [0.3, 0.4) is 0 Å². The van der Waals surface area contributed by atoms with Gasteiger partial charge in [0.15, 0.2) is 11.6 Å². The van der Waals surface area contributed by atoms with Crippen LogP contribution in [0.25, 0.3) is 22.1 Å². The molecular weight excluding hydrogens is 618 g/mol. The molecule has 2 aromatic heterocycles. The first-order valence-electron chi connectivity index (χ1n) is 18.3. The van der Waals surface area contributed by atoms with E-state index in [1.165, 1.54) is 0 Å². The van der Waals surface area contributed by atoms with Gasteiger partial charge in [0.05, 0.1) is 46.2 Å². The summed E-state index contributed by atoms with van der Waals surface area (Å²) in [6.07, 6.45) is 7.98. The Labute approximate surface area is 286 Å². The number of benzene rings is 3.